The van der Waals surface area contributed by atoms with Crippen molar-refractivity contribution in [3.63, 3.8) is 0 Å². The summed E-state index contributed by atoms with van der Waals surface area (Å²) >= 11 is 0. The van der Waals surface area contributed by atoms with E-state index in [-0.39, 0.29) is 17.2 Å². The first-order valence-electron chi connectivity index (χ1n) is 8.42. The lowest BCUT2D eigenvalue weighted by Gasteiger charge is -2.20. The summed E-state index contributed by atoms with van der Waals surface area (Å²) in [5.41, 5.74) is 8.74. The number of hydrogen-bond acceptors (Lipinski definition) is 6. The number of phenolic OH excluding ortho intramolecular Hbond substituents is 2. The van der Waals surface area contributed by atoms with Gasteiger partial charge in [-0.2, -0.15) is 0 Å². The van der Waals surface area contributed by atoms with Crippen LogP contribution in [0.1, 0.15) is 30.5 Å². The first-order chi connectivity index (χ1) is 12.4. The molecule has 0 unspecified atom stereocenters. The Bertz CT molecular complexity index is 899. The maximum absolute atomic E-state index is 10.2. The second-order valence-electron chi connectivity index (χ2n) is 6.14. The fraction of sp³-hybridized carbons (Fsp3) is 0.250. The number of benzene rings is 2. The molecule has 0 spiro atoms. The van der Waals surface area contributed by atoms with Gasteiger partial charge in [0.15, 0.2) is 11.5 Å². The van der Waals surface area contributed by atoms with Crippen LogP contribution < -0.4 is 15.2 Å². The van der Waals surface area contributed by atoms with Crippen LogP contribution in [0.5, 0.6) is 23.0 Å². The van der Waals surface area contributed by atoms with Crippen molar-refractivity contribution in [2.45, 2.75) is 20.3 Å². The number of ether oxygens (including phenoxy) is 2. The van der Waals surface area contributed by atoms with Crippen LogP contribution in [0.2, 0.25) is 0 Å². The number of rotatable bonds is 4. The second kappa shape index (κ2) is 7.00. The Kier molecular flexibility index (Phi) is 4.75. The summed E-state index contributed by atoms with van der Waals surface area (Å²) in [5, 5.41) is 28.8. The first-order valence-corrected chi connectivity index (χ1v) is 8.42. The van der Waals surface area contributed by atoms with Crippen molar-refractivity contribution in [1.29, 1.82) is 5.41 Å². The fourth-order valence-corrected chi connectivity index (χ4v) is 3.01. The Morgan fingerprint density at radius 2 is 1.77 bits per heavy atom. The summed E-state index contributed by atoms with van der Waals surface area (Å²) in [6.07, 6.45) is 0.580. The molecular formula is C20H22N2O4. The lowest BCUT2D eigenvalue weighted by atomic mass is 9.92. The van der Waals surface area contributed by atoms with Gasteiger partial charge in [0.2, 0.25) is 0 Å². The number of nitrogens with one attached hydrogen (secondary N) is 1. The number of aryl methyl sites for hydroxylation is 1. The summed E-state index contributed by atoms with van der Waals surface area (Å²) in [4.78, 5) is 0. The molecule has 136 valence electrons. The van der Waals surface area contributed by atoms with E-state index >= 15 is 0 Å². The Hall–Kier alpha value is -3.15. The van der Waals surface area contributed by atoms with Crippen LogP contribution in [0.4, 0.5) is 0 Å². The molecule has 0 aliphatic carbocycles. The molecule has 0 fully saturated rings. The molecule has 1 aliphatic rings. The van der Waals surface area contributed by atoms with E-state index < -0.39 is 0 Å². The highest BCUT2D eigenvalue weighted by Gasteiger charge is 2.20. The maximum Gasteiger partial charge on any atom is 0.161 e. The van der Waals surface area contributed by atoms with E-state index in [0.29, 0.717) is 59.1 Å². The van der Waals surface area contributed by atoms with E-state index in [4.69, 9.17) is 20.6 Å². The van der Waals surface area contributed by atoms with Crippen molar-refractivity contribution in [2.24, 2.45) is 5.73 Å². The molecule has 0 saturated carbocycles. The van der Waals surface area contributed by atoms with Crippen LogP contribution in [0.25, 0.3) is 5.57 Å². The molecule has 0 bridgehead atoms. The molecule has 6 nitrogen and oxygen atoms in total. The van der Waals surface area contributed by atoms with E-state index in [2.05, 4.69) is 0 Å². The third-order valence-corrected chi connectivity index (χ3v) is 4.32. The molecule has 5 N–H and O–H groups in total. The quantitative estimate of drug-likeness (QED) is 0.631. The van der Waals surface area contributed by atoms with Gasteiger partial charge < -0.3 is 25.4 Å². The molecule has 0 aromatic heterocycles. The van der Waals surface area contributed by atoms with Crippen molar-refractivity contribution in [1.82, 2.24) is 0 Å². The third kappa shape index (κ3) is 3.18. The standard InChI is InChI=1S/C20H22N2O4/c1-3-12-8-14(16(24)10-15(12)23)20(22)19(11(2)21)13-4-5-17-18(9-13)26-7-6-25-17/h4-5,8-10,22-24H,3,6-7,21H2,1-2H3/b19-11-,22-20?. The Morgan fingerprint density at radius 3 is 2.42 bits per heavy atom. The van der Waals surface area contributed by atoms with Gasteiger partial charge in [0.25, 0.3) is 0 Å². The lowest BCUT2D eigenvalue weighted by Crippen LogP contribution is -2.16. The summed E-state index contributed by atoms with van der Waals surface area (Å²) in [7, 11) is 0. The van der Waals surface area contributed by atoms with Crippen molar-refractivity contribution in [3.8, 4) is 23.0 Å². The monoisotopic (exact) mass is 354 g/mol. The molecule has 0 atom stereocenters. The maximum atomic E-state index is 10.2. The average molecular weight is 354 g/mol. The number of fused-ring (bicyclic) bond motifs is 1. The number of allylic oxidation sites excluding steroid dienone is 2. The Morgan fingerprint density at radius 1 is 1.08 bits per heavy atom. The molecule has 2 aromatic rings. The summed E-state index contributed by atoms with van der Waals surface area (Å²) in [6.45, 7) is 4.57. The SMILES string of the molecule is CCc1cc(C(=N)/C(=C(/C)N)c2ccc3c(c2)OCCO3)c(O)cc1O. The fourth-order valence-electron chi connectivity index (χ4n) is 3.01. The van der Waals surface area contributed by atoms with Crippen molar-refractivity contribution < 1.29 is 19.7 Å². The van der Waals surface area contributed by atoms with Crippen molar-refractivity contribution in [3.05, 3.63) is 52.7 Å². The highest BCUT2D eigenvalue weighted by molar-refractivity contribution is 6.31. The smallest absolute Gasteiger partial charge is 0.161 e. The second-order valence-corrected chi connectivity index (χ2v) is 6.14. The summed E-state index contributed by atoms with van der Waals surface area (Å²) < 4.78 is 11.1. The van der Waals surface area contributed by atoms with Gasteiger partial charge in [-0.3, -0.25) is 5.41 Å². The normalized spacial score (nSPS) is 13.9. The molecule has 0 radical (unpaired) electrons. The highest BCUT2D eigenvalue weighted by Crippen LogP contribution is 2.36. The van der Waals surface area contributed by atoms with E-state index in [1.807, 2.05) is 13.0 Å². The number of hydrogen-bond donors (Lipinski definition) is 4. The van der Waals surface area contributed by atoms with Crippen LogP contribution in [-0.2, 0) is 6.42 Å². The van der Waals surface area contributed by atoms with E-state index in [9.17, 15) is 10.2 Å². The minimum Gasteiger partial charge on any atom is -0.508 e. The molecule has 1 aliphatic heterocycles. The van der Waals surface area contributed by atoms with E-state index in [1.165, 1.54) is 6.07 Å². The molecule has 1 heterocycles. The van der Waals surface area contributed by atoms with E-state index in [1.54, 1.807) is 25.1 Å². The van der Waals surface area contributed by atoms with Crippen molar-refractivity contribution in [2.75, 3.05) is 13.2 Å². The van der Waals surface area contributed by atoms with Gasteiger partial charge in [-0.05, 0) is 42.7 Å². The predicted octanol–water partition coefficient (Wildman–Crippen LogP) is 3.19. The van der Waals surface area contributed by atoms with Crippen LogP contribution in [0, 0.1) is 5.41 Å². The van der Waals surface area contributed by atoms with Crippen molar-refractivity contribution >= 4 is 11.3 Å². The largest absolute Gasteiger partial charge is 0.508 e. The van der Waals surface area contributed by atoms with Gasteiger partial charge in [-0.15, -0.1) is 0 Å². The molecule has 2 aromatic carbocycles. The topological polar surface area (TPSA) is 109 Å². The third-order valence-electron chi connectivity index (χ3n) is 4.32. The minimum atomic E-state index is -0.166. The molecule has 3 rings (SSSR count). The summed E-state index contributed by atoms with van der Waals surface area (Å²) in [5.74, 6) is 1.10. The minimum absolute atomic E-state index is 0.0101. The Labute approximate surface area is 152 Å². The molecule has 26 heavy (non-hydrogen) atoms. The van der Waals surface area contributed by atoms with Gasteiger partial charge in [-0.1, -0.05) is 13.0 Å². The van der Waals surface area contributed by atoms with Crippen LogP contribution in [0.3, 0.4) is 0 Å². The van der Waals surface area contributed by atoms with Gasteiger partial charge >= 0.3 is 0 Å². The number of aromatic hydroxyl groups is 2. The zero-order chi connectivity index (χ0) is 18.8. The van der Waals surface area contributed by atoms with Gasteiger partial charge in [0.05, 0.1) is 5.71 Å². The molecule has 0 saturated heterocycles. The first kappa shape index (κ1) is 17.7. The lowest BCUT2D eigenvalue weighted by molar-refractivity contribution is 0.171. The van der Waals surface area contributed by atoms with Gasteiger partial charge in [0.1, 0.15) is 24.7 Å². The summed E-state index contributed by atoms with van der Waals surface area (Å²) in [6, 6.07) is 8.26. The van der Waals surface area contributed by atoms with Crippen LogP contribution in [-0.4, -0.2) is 29.1 Å². The highest BCUT2D eigenvalue weighted by atomic mass is 16.6. The molecular weight excluding hydrogens is 332 g/mol. The van der Waals surface area contributed by atoms with Crippen LogP contribution >= 0.6 is 0 Å². The zero-order valence-corrected chi connectivity index (χ0v) is 14.8. The van der Waals surface area contributed by atoms with E-state index in [0.717, 1.165) is 0 Å². The number of phenols is 2. The van der Waals surface area contributed by atoms with Gasteiger partial charge in [-0.25, -0.2) is 0 Å². The van der Waals surface area contributed by atoms with Gasteiger partial charge in [0, 0.05) is 22.9 Å². The molecule has 0 amide bonds. The van der Waals surface area contributed by atoms with Crippen LogP contribution in [0.15, 0.2) is 36.0 Å². The molecule has 6 heteroatoms. The Balaban J connectivity index is 2.07. The number of nitrogens with two attached hydrogens (primary N) is 1. The zero-order valence-electron chi connectivity index (χ0n) is 14.8. The predicted molar refractivity (Wildman–Crippen MR) is 100 cm³/mol. The average Bonchev–Trinajstić information content (AvgIpc) is 2.61.